The predicted octanol–water partition coefficient (Wildman–Crippen LogP) is 1.80. The van der Waals surface area contributed by atoms with Gasteiger partial charge in [0.1, 0.15) is 5.82 Å². The van der Waals surface area contributed by atoms with Gasteiger partial charge in [0.2, 0.25) is 0 Å². The first-order chi connectivity index (χ1) is 12.5. The SMILES string of the molecule is COC(=O)C(C)CN(CCCN1CCOCC1)C(=O)c1cccc(F)c1. The maximum absolute atomic E-state index is 13.5. The van der Waals surface area contributed by atoms with Crippen molar-refractivity contribution in [1.82, 2.24) is 9.80 Å². The summed E-state index contributed by atoms with van der Waals surface area (Å²) in [6.45, 7) is 6.53. The van der Waals surface area contributed by atoms with Crippen molar-refractivity contribution in [3.63, 3.8) is 0 Å². The van der Waals surface area contributed by atoms with Crippen LogP contribution in [0.2, 0.25) is 0 Å². The first-order valence-corrected chi connectivity index (χ1v) is 8.94. The first-order valence-electron chi connectivity index (χ1n) is 8.94. The summed E-state index contributed by atoms with van der Waals surface area (Å²) in [5.41, 5.74) is 0.286. The summed E-state index contributed by atoms with van der Waals surface area (Å²) in [5.74, 6) is -1.54. The van der Waals surface area contributed by atoms with Gasteiger partial charge in [-0.1, -0.05) is 13.0 Å². The molecule has 1 saturated heterocycles. The van der Waals surface area contributed by atoms with Crippen molar-refractivity contribution in [1.29, 1.82) is 0 Å². The van der Waals surface area contributed by atoms with Crippen LogP contribution in [0.1, 0.15) is 23.7 Å². The molecular formula is C19H27FN2O4. The van der Waals surface area contributed by atoms with Gasteiger partial charge in [-0.25, -0.2) is 4.39 Å². The molecule has 2 rings (SSSR count). The fourth-order valence-electron chi connectivity index (χ4n) is 3.00. The third kappa shape index (κ3) is 6.07. The molecule has 26 heavy (non-hydrogen) atoms. The van der Waals surface area contributed by atoms with Crippen LogP contribution in [-0.2, 0) is 14.3 Å². The minimum Gasteiger partial charge on any atom is -0.469 e. The molecule has 0 bridgehead atoms. The van der Waals surface area contributed by atoms with Crippen LogP contribution in [0, 0.1) is 11.7 Å². The molecule has 0 N–H and O–H groups in total. The van der Waals surface area contributed by atoms with Gasteiger partial charge in [0, 0.05) is 38.3 Å². The zero-order valence-corrected chi connectivity index (χ0v) is 15.4. The lowest BCUT2D eigenvalue weighted by molar-refractivity contribution is -0.145. The lowest BCUT2D eigenvalue weighted by atomic mass is 10.1. The molecule has 0 saturated carbocycles. The maximum atomic E-state index is 13.5. The van der Waals surface area contributed by atoms with Crippen LogP contribution in [0.3, 0.4) is 0 Å². The number of rotatable bonds is 8. The van der Waals surface area contributed by atoms with Crippen LogP contribution in [0.25, 0.3) is 0 Å². The van der Waals surface area contributed by atoms with Crippen LogP contribution in [-0.4, -0.2) is 74.7 Å². The summed E-state index contributed by atoms with van der Waals surface area (Å²) >= 11 is 0. The van der Waals surface area contributed by atoms with E-state index in [1.54, 1.807) is 17.9 Å². The number of nitrogens with zero attached hydrogens (tertiary/aromatic N) is 2. The number of hydrogen-bond acceptors (Lipinski definition) is 5. The second-order valence-electron chi connectivity index (χ2n) is 6.49. The van der Waals surface area contributed by atoms with E-state index in [0.29, 0.717) is 6.54 Å². The minimum absolute atomic E-state index is 0.241. The Balaban J connectivity index is 2.00. The number of esters is 1. The van der Waals surface area contributed by atoms with E-state index in [1.165, 1.54) is 25.3 Å². The van der Waals surface area contributed by atoms with Gasteiger partial charge in [0.25, 0.3) is 5.91 Å². The molecule has 1 amide bonds. The largest absolute Gasteiger partial charge is 0.469 e. The minimum atomic E-state index is -0.454. The molecule has 1 heterocycles. The normalized spacial score (nSPS) is 16.1. The smallest absolute Gasteiger partial charge is 0.310 e. The summed E-state index contributed by atoms with van der Waals surface area (Å²) in [4.78, 5) is 28.4. The zero-order valence-electron chi connectivity index (χ0n) is 15.4. The molecule has 0 aliphatic carbocycles. The number of ether oxygens (including phenoxy) is 2. The molecule has 1 fully saturated rings. The molecule has 1 unspecified atom stereocenters. The number of methoxy groups -OCH3 is 1. The molecule has 1 aromatic carbocycles. The van der Waals surface area contributed by atoms with Gasteiger partial charge in [-0.2, -0.15) is 0 Å². The van der Waals surface area contributed by atoms with E-state index in [-0.39, 0.29) is 24.0 Å². The third-order valence-corrected chi connectivity index (χ3v) is 4.46. The van der Waals surface area contributed by atoms with Gasteiger partial charge < -0.3 is 14.4 Å². The Kier molecular flexibility index (Phi) is 8.00. The quantitative estimate of drug-likeness (QED) is 0.657. The van der Waals surface area contributed by atoms with Gasteiger partial charge in [-0.05, 0) is 24.6 Å². The lowest BCUT2D eigenvalue weighted by Crippen LogP contribution is -2.41. The highest BCUT2D eigenvalue weighted by Gasteiger charge is 2.23. The average molecular weight is 366 g/mol. The Morgan fingerprint density at radius 2 is 2.08 bits per heavy atom. The third-order valence-electron chi connectivity index (χ3n) is 4.46. The molecule has 1 aromatic rings. The topological polar surface area (TPSA) is 59.1 Å². The zero-order chi connectivity index (χ0) is 18.9. The van der Waals surface area contributed by atoms with Crippen molar-refractivity contribution in [2.75, 3.05) is 53.0 Å². The lowest BCUT2D eigenvalue weighted by Gasteiger charge is -2.29. The second-order valence-corrected chi connectivity index (χ2v) is 6.49. The standard InChI is InChI=1S/C19H27FN2O4/c1-15(19(24)25-2)14-22(8-4-7-21-9-11-26-12-10-21)18(23)16-5-3-6-17(20)13-16/h3,5-6,13,15H,4,7-12,14H2,1-2H3. The number of carbonyl (C=O) groups is 2. The summed E-state index contributed by atoms with van der Waals surface area (Å²) in [7, 11) is 1.33. The van der Waals surface area contributed by atoms with E-state index in [4.69, 9.17) is 9.47 Å². The van der Waals surface area contributed by atoms with Crippen molar-refractivity contribution in [2.24, 2.45) is 5.92 Å². The molecule has 0 radical (unpaired) electrons. The number of carbonyl (C=O) groups excluding carboxylic acids is 2. The number of halogens is 1. The Hall–Kier alpha value is -1.99. The summed E-state index contributed by atoms with van der Waals surface area (Å²) in [5, 5.41) is 0. The van der Waals surface area contributed by atoms with Crippen molar-refractivity contribution >= 4 is 11.9 Å². The van der Waals surface area contributed by atoms with E-state index < -0.39 is 11.7 Å². The number of amides is 1. The highest BCUT2D eigenvalue weighted by molar-refractivity contribution is 5.94. The summed E-state index contributed by atoms with van der Waals surface area (Å²) < 4.78 is 23.6. The van der Waals surface area contributed by atoms with Gasteiger partial charge in [-0.3, -0.25) is 14.5 Å². The van der Waals surface area contributed by atoms with Crippen LogP contribution < -0.4 is 0 Å². The number of hydrogen-bond donors (Lipinski definition) is 0. The monoisotopic (exact) mass is 366 g/mol. The first kappa shape index (κ1) is 20.3. The Bertz CT molecular complexity index is 605. The highest BCUT2D eigenvalue weighted by atomic mass is 19.1. The van der Waals surface area contributed by atoms with Crippen LogP contribution in [0.15, 0.2) is 24.3 Å². The van der Waals surface area contributed by atoms with Crippen LogP contribution in [0.4, 0.5) is 4.39 Å². The molecule has 0 spiro atoms. The molecular weight excluding hydrogens is 339 g/mol. The van der Waals surface area contributed by atoms with Crippen LogP contribution in [0.5, 0.6) is 0 Å². The molecule has 7 heteroatoms. The Morgan fingerprint density at radius 3 is 2.73 bits per heavy atom. The van der Waals surface area contributed by atoms with E-state index >= 15 is 0 Å². The maximum Gasteiger partial charge on any atom is 0.310 e. The van der Waals surface area contributed by atoms with E-state index in [0.717, 1.165) is 39.3 Å². The predicted molar refractivity (Wildman–Crippen MR) is 95.4 cm³/mol. The van der Waals surface area contributed by atoms with E-state index in [9.17, 15) is 14.0 Å². The second kappa shape index (κ2) is 10.2. The van der Waals surface area contributed by atoms with Crippen molar-refractivity contribution in [3.8, 4) is 0 Å². The Labute approximate surface area is 153 Å². The molecule has 6 nitrogen and oxygen atoms in total. The summed E-state index contributed by atoms with van der Waals surface area (Å²) in [6, 6.07) is 5.62. The molecule has 144 valence electrons. The molecule has 1 aliphatic rings. The van der Waals surface area contributed by atoms with E-state index in [2.05, 4.69) is 4.90 Å². The number of morpholine rings is 1. The van der Waals surface area contributed by atoms with Crippen molar-refractivity contribution in [3.05, 3.63) is 35.6 Å². The van der Waals surface area contributed by atoms with E-state index in [1.807, 2.05) is 0 Å². The Morgan fingerprint density at radius 1 is 1.35 bits per heavy atom. The van der Waals surface area contributed by atoms with Gasteiger partial charge in [0.05, 0.1) is 26.2 Å². The molecule has 1 aliphatic heterocycles. The van der Waals surface area contributed by atoms with Crippen molar-refractivity contribution in [2.45, 2.75) is 13.3 Å². The van der Waals surface area contributed by atoms with Gasteiger partial charge in [-0.15, -0.1) is 0 Å². The van der Waals surface area contributed by atoms with Gasteiger partial charge >= 0.3 is 5.97 Å². The van der Waals surface area contributed by atoms with Crippen molar-refractivity contribution < 1.29 is 23.5 Å². The molecule has 0 aromatic heterocycles. The molecule has 1 atom stereocenters. The van der Waals surface area contributed by atoms with Crippen LogP contribution >= 0.6 is 0 Å². The fraction of sp³-hybridized carbons (Fsp3) is 0.579. The average Bonchev–Trinajstić information content (AvgIpc) is 2.66. The van der Waals surface area contributed by atoms with Gasteiger partial charge in [0.15, 0.2) is 0 Å². The summed E-state index contributed by atoms with van der Waals surface area (Å²) in [6.07, 6.45) is 0.773. The number of benzene rings is 1. The fourth-order valence-corrected chi connectivity index (χ4v) is 3.00. The highest BCUT2D eigenvalue weighted by Crippen LogP contribution is 2.12.